The highest BCUT2D eigenvalue weighted by Crippen LogP contribution is 2.29. The first kappa shape index (κ1) is 23.6. The number of benzene rings is 2. The molecule has 2 N–H and O–H groups in total. The van der Waals surface area contributed by atoms with Crippen molar-refractivity contribution in [1.82, 2.24) is 9.80 Å². The first-order valence-electron chi connectivity index (χ1n) is 10.7. The Labute approximate surface area is 188 Å². The van der Waals surface area contributed by atoms with E-state index in [1.807, 2.05) is 35.2 Å². The summed E-state index contributed by atoms with van der Waals surface area (Å²) in [5, 5.41) is 0. The summed E-state index contributed by atoms with van der Waals surface area (Å²) in [7, 11) is 1.49. The van der Waals surface area contributed by atoms with Crippen molar-refractivity contribution in [3.05, 3.63) is 59.7 Å². The van der Waals surface area contributed by atoms with Crippen LogP contribution in [-0.4, -0.2) is 74.2 Å². The van der Waals surface area contributed by atoms with Gasteiger partial charge in [0.05, 0.1) is 20.3 Å². The van der Waals surface area contributed by atoms with Gasteiger partial charge in [0, 0.05) is 37.8 Å². The molecule has 1 heterocycles. The monoisotopic (exact) mass is 441 g/mol. The average molecular weight is 442 g/mol. The number of amides is 2. The Morgan fingerprint density at radius 1 is 1.12 bits per heavy atom. The predicted octanol–water partition coefficient (Wildman–Crippen LogP) is 1.92. The van der Waals surface area contributed by atoms with Crippen LogP contribution < -0.4 is 15.2 Å². The normalized spacial score (nSPS) is 15.1. The van der Waals surface area contributed by atoms with E-state index in [2.05, 4.69) is 11.8 Å². The zero-order valence-electron chi connectivity index (χ0n) is 18.7. The van der Waals surface area contributed by atoms with E-state index < -0.39 is 5.91 Å². The molecule has 1 fully saturated rings. The number of hydrogen-bond acceptors (Lipinski definition) is 6. The Morgan fingerprint density at radius 3 is 2.50 bits per heavy atom. The third-order valence-corrected chi connectivity index (χ3v) is 5.40. The molecule has 32 heavy (non-hydrogen) atoms. The van der Waals surface area contributed by atoms with Crippen LogP contribution in [0.2, 0.25) is 0 Å². The Kier molecular flexibility index (Phi) is 8.47. The molecule has 3 rings (SSSR count). The standard InChI is InChI=1S/C24H31N3O5/c1-18(15-26-10-12-31-13-11-26)27(16-19-6-4-3-5-7-19)24(29)20-8-9-21(22(14-20)30-2)32-17-23(25)28/h3-9,14,18H,10-13,15-17H2,1-2H3,(H2,25,28). The topological polar surface area (TPSA) is 94.3 Å². The maximum atomic E-state index is 13.6. The first-order chi connectivity index (χ1) is 15.5. The van der Waals surface area contributed by atoms with Gasteiger partial charge in [-0.15, -0.1) is 0 Å². The molecule has 8 nitrogen and oxygen atoms in total. The minimum Gasteiger partial charge on any atom is -0.493 e. The van der Waals surface area contributed by atoms with Gasteiger partial charge in [0.25, 0.3) is 11.8 Å². The van der Waals surface area contributed by atoms with Crippen LogP contribution in [-0.2, 0) is 16.1 Å². The van der Waals surface area contributed by atoms with Gasteiger partial charge in [-0.1, -0.05) is 30.3 Å². The third kappa shape index (κ3) is 6.45. The average Bonchev–Trinajstić information content (AvgIpc) is 2.81. The summed E-state index contributed by atoms with van der Waals surface area (Å²) in [5.41, 5.74) is 6.70. The maximum absolute atomic E-state index is 13.6. The number of morpholine rings is 1. The summed E-state index contributed by atoms with van der Waals surface area (Å²) in [6.45, 7) is 6.20. The third-order valence-electron chi connectivity index (χ3n) is 5.40. The lowest BCUT2D eigenvalue weighted by Gasteiger charge is -2.35. The van der Waals surface area contributed by atoms with Crippen LogP contribution in [0, 0.1) is 0 Å². The second kappa shape index (κ2) is 11.5. The lowest BCUT2D eigenvalue weighted by atomic mass is 10.1. The fourth-order valence-corrected chi connectivity index (χ4v) is 3.70. The number of nitrogens with zero attached hydrogens (tertiary/aromatic N) is 2. The molecule has 1 aliphatic rings. The molecule has 2 amide bonds. The van der Waals surface area contributed by atoms with Crippen LogP contribution >= 0.6 is 0 Å². The van der Waals surface area contributed by atoms with Crippen molar-refractivity contribution in [2.45, 2.75) is 19.5 Å². The van der Waals surface area contributed by atoms with Crippen molar-refractivity contribution in [1.29, 1.82) is 0 Å². The maximum Gasteiger partial charge on any atom is 0.255 e. The molecule has 2 aromatic carbocycles. The molecule has 8 heteroatoms. The van der Waals surface area contributed by atoms with Crippen molar-refractivity contribution < 1.29 is 23.8 Å². The van der Waals surface area contributed by atoms with Gasteiger partial charge in [-0.2, -0.15) is 0 Å². The molecule has 1 atom stereocenters. The Bertz CT molecular complexity index is 900. The van der Waals surface area contributed by atoms with Gasteiger partial charge in [0.1, 0.15) is 0 Å². The molecule has 0 spiro atoms. The number of ether oxygens (including phenoxy) is 3. The fraction of sp³-hybridized carbons (Fsp3) is 0.417. The Morgan fingerprint density at radius 2 is 1.84 bits per heavy atom. The molecule has 0 saturated carbocycles. The largest absolute Gasteiger partial charge is 0.493 e. The van der Waals surface area contributed by atoms with Gasteiger partial charge < -0.3 is 24.8 Å². The minimum absolute atomic E-state index is 0.0161. The van der Waals surface area contributed by atoms with Gasteiger partial charge in [0.2, 0.25) is 0 Å². The highest BCUT2D eigenvalue weighted by molar-refractivity contribution is 5.95. The van der Waals surface area contributed by atoms with Crippen LogP contribution in [0.15, 0.2) is 48.5 Å². The molecule has 1 saturated heterocycles. The second-order valence-corrected chi connectivity index (χ2v) is 7.80. The summed E-state index contributed by atoms with van der Waals surface area (Å²) in [6.07, 6.45) is 0. The minimum atomic E-state index is -0.585. The van der Waals surface area contributed by atoms with Crippen LogP contribution in [0.1, 0.15) is 22.8 Å². The predicted molar refractivity (Wildman–Crippen MR) is 121 cm³/mol. The zero-order valence-corrected chi connectivity index (χ0v) is 18.7. The zero-order chi connectivity index (χ0) is 22.9. The molecule has 1 aliphatic heterocycles. The number of rotatable bonds is 10. The van der Waals surface area contributed by atoms with Crippen LogP contribution in [0.4, 0.5) is 0 Å². The smallest absolute Gasteiger partial charge is 0.255 e. The van der Waals surface area contributed by atoms with E-state index in [-0.39, 0.29) is 18.6 Å². The summed E-state index contributed by atoms with van der Waals surface area (Å²) in [5.74, 6) is 0.0453. The molecule has 0 aliphatic carbocycles. The number of methoxy groups -OCH3 is 1. The number of nitrogens with two attached hydrogens (primary N) is 1. The van der Waals surface area contributed by atoms with Crippen LogP contribution in [0.5, 0.6) is 11.5 Å². The van der Waals surface area contributed by atoms with Crippen molar-refractivity contribution in [2.75, 3.05) is 46.6 Å². The molecular weight excluding hydrogens is 410 g/mol. The van der Waals surface area contributed by atoms with Gasteiger partial charge in [-0.25, -0.2) is 0 Å². The van der Waals surface area contributed by atoms with Crippen LogP contribution in [0.3, 0.4) is 0 Å². The lowest BCUT2D eigenvalue weighted by molar-refractivity contribution is -0.119. The Balaban J connectivity index is 1.82. The van der Waals surface area contributed by atoms with Crippen molar-refractivity contribution in [3.8, 4) is 11.5 Å². The molecule has 1 unspecified atom stereocenters. The van der Waals surface area contributed by atoms with Gasteiger partial charge in [0.15, 0.2) is 18.1 Å². The van der Waals surface area contributed by atoms with E-state index in [9.17, 15) is 9.59 Å². The summed E-state index contributed by atoms with van der Waals surface area (Å²) < 4.78 is 16.2. The van der Waals surface area contributed by atoms with Gasteiger partial charge in [-0.3, -0.25) is 14.5 Å². The van der Waals surface area contributed by atoms with Crippen molar-refractivity contribution in [3.63, 3.8) is 0 Å². The van der Waals surface area contributed by atoms with Crippen molar-refractivity contribution in [2.24, 2.45) is 5.73 Å². The summed E-state index contributed by atoms with van der Waals surface area (Å²) in [6, 6.07) is 14.9. The molecule has 0 bridgehead atoms. The number of primary amides is 1. The number of hydrogen-bond donors (Lipinski definition) is 1. The SMILES string of the molecule is COc1cc(C(=O)N(Cc2ccccc2)C(C)CN2CCOCC2)ccc1OCC(N)=O. The molecule has 0 aromatic heterocycles. The lowest BCUT2D eigenvalue weighted by Crippen LogP contribution is -2.48. The highest BCUT2D eigenvalue weighted by Gasteiger charge is 2.25. The number of carbonyl (C=O) groups excluding carboxylic acids is 2. The first-order valence-corrected chi connectivity index (χ1v) is 10.7. The van der Waals surface area contributed by atoms with E-state index in [4.69, 9.17) is 19.9 Å². The Hall–Kier alpha value is -3.10. The van der Waals surface area contributed by atoms with E-state index >= 15 is 0 Å². The summed E-state index contributed by atoms with van der Waals surface area (Å²) in [4.78, 5) is 28.8. The van der Waals surface area contributed by atoms with Crippen LogP contribution in [0.25, 0.3) is 0 Å². The van der Waals surface area contributed by atoms with Gasteiger partial charge >= 0.3 is 0 Å². The van der Waals surface area contributed by atoms with E-state index in [1.165, 1.54) is 7.11 Å². The van der Waals surface area contributed by atoms with E-state index in [0.29, 0.717) is 36.8 Å². The molecular formula is C24H31N3O5. The highest BCUT2D eigenvalue weighted by atomic mass is 16.5. The van der Waals surface area contributed by atoms with E-state index in [0.717, 1.165) is 25.2 Å². The van der Waals surface area contributed by atoms with E-state index in [1.54, 1.807) is 18.2 Å². The molecule has 2 aromatic rings. The second-order valence-electron chi connectivity index (χ2n) is 7.80. The fourth-order valence-electron chi connectivity index (χ4n) is 3.70. The molecule has 172 valence electrons. The number of carbonyl (C=O) groups is 2. The molecule has 0 radical (unpaired) electrons. The quantitative estimate of drug-likeness (QED) is 0.605. The summed E-state index contributed by atoms with van der Waals surface area (Å²) >= 11 is 0. The van der Waals surface area contributed by atoms with Crippen molar-refractivity contribution >= 4 is 11.8 Å². The van der Waals surface area contributed by atoms with Gasteiger partial charge in [-0.05, 0) is 30.7 Å².